The minimum absolute atomic E-state index is 0.000828. The number of carbonyl (C=O) groups excluding carboxylic acids is 2. The van der Waals surface area contributed by atoms with Crippen molar-refractivity contribution in [1.29, 1.82) is 0 Å². The molecule has 1 atom stereocenters. The second-order valence-corrected chi connectivity index (χ2v) is 4.66. The highest BCUT2D eigenvalue weighted by Crippen LogP contribution is 2.26. The molecule has 0 N–H and O–H groups in total. The van der Waals surface area contributed by atoms with E-state index >= 15 is 0 Å². The van der Waals surface area contributed by atoms with Crippen LogP contribution in [-0.4, -0.2) is 22.7 Å². The van der Waals surface area contributed by atoms with Gasteiger partial charge in [-0.05, 0) is 18.6 Å². The van der Waals surface area contributed by atoms with E-state index < -0.39 is 6.10 Å². The quantitative estimate of drug-likeness (QED) is 0.773. The molecule has 1 heterocycles. The van der Waals surface area contributed by atoms with Gasteiger partial charge in [-0.25, -0.2) is 0 Å². The zero-order valence-electron chi connectivity index (χ0n) is 10.3. The Morgan fingerprint density at radius 3 is 2.84 bits per heavy atom. The number of pyridine rings is 1. The van der Waals surface area contributed by atoms with Crippen LogP contribution in [0.4, 0.5) is 0 Å². The van der Waals surface area contributed by atoms with E-state index in [-0.39, 0.29) is 18.0 Å². The Kier molecular flexibility index (Phi) is 2.99. The van der Waals surface area contributed by atoms with Gasteiger partial charge in [0.1, 0.15) is 17.0 Å². The molecule has 1 aromatic carbocycles. The molecule has 96 valence electrons. The SMILES string of the molecule is O=C1CCC(Oc2cccc3cccnc23)C(=O)C1. The molecule has 1 fully saturated rings. The summed E-state index contributed by atoms with van der Waals surface area (Å²) in [6.45, 7) is 0. The number of ether oxygens (including phenoxy) is 1. The Labute approximate surface area is 110 Å². The number of nitrogens with zero attached hydrogens (tertiary/aromatic N) is 1. The summed E-state index contributed by atoms with van der Waals surface area (Å²) in [6.07, 6.45) is 2.03. The fourth-order valence-corrected chi connectivity index (χ4v) is 2.30. The van der Waals surface area contributed by atoms with Crippen molar-refractivity contribution >= 4 is 22.5 Å². The van der Waals surface area contributed by atoms with E-state index in [1.807, 2.05) is 24.3 Å². The summed E-state index contributed by atoms with van der Waals surface area (Å²) >= 11 is 0. The van der Waals surface area contributed by atoms with Gasteiger partial charge < -0.3 is 4.74 Å². The molecule has 0 amide bonds. The number of benzene rings is 1. The number of para-hydroxylation sites is 1. The number of carbonyl (C=O) groups is 2. The van der Waals surface area contributed by atoms with Gasteiger partial charge in [0, 0.05) is 18.0 Å². The van der Waals surface area contributed by atoms with Gasteiger partial charge in [-0.1, -0.05) is 18.2 Å². The van der Waals surface area contributed by atoms with Crippen LogP contribution in [0.3, 0.4) is 0 Å². The van der Waals surface area contributed by atoms with E-state index in [4.69, 9.17) is 4.74 Å². The predicted molar refractivity (Wildman–Crippen MR) is 70.0 cm³/mol. The molecule has 1 aromatic heterocycles. The van der Waals surface area contributed by atoms with Crippen LogP contribution in [0.2, 0.25) is 0 Å². The molecule has 1 unspecified atom stereocenters. The maximum atomic E-state index is 11.8. The van der Waals surface area contributed by atoms with Crippen LogP contribution in [0.5, 0.6) is 5.75 Å². The van der Waals surface area contributed by atoms with Gasteiger partial charge in [0.05, 0.1) is 6.42 Å². The Morgan fingerprint density at radius 1 is 1.16 bits per heavy atom. The molecule has 3 rings (SSSR count). The Bertz CT molecular complexity index is 645. The lowest BCUT2D eigenvalue weighted by Gasteiger charge is -2.21. The molecule has 1 aliphatic rings. The van der Waals surface area contributed by atoms with Crippen LogP contribution in [-0.2, 0) is 9.59 Å². The summed E-state index contributed by atoms with van der Waals surface area (Å²) in [5.74, 6) is 0.468. The first-order valence-electron chi connectivity index (χ1n) is 6.29. The molecule has 19 heavy (non-hydrogen) atoms. The highest BCUT2D eigenvalue weighted by atomic mass is 16.5. The first-order valence-corrected chi connectivity index (χ1v) is 6.29. The van der Waals surface area contributed by atoms with Crippen molar-refractivity contribution in [2.24, 2.45) is 0 Å². The standard InChI is InChI=1S/C15H13NO3/c17-11-6-7-13(12(18)9-11)19-14-5-1-3-10-4-2-8-16-15(10)14/h1-5,8,13H,6-7,9H2. The fourth-order valence-electron chi connectivity index (χ4n) is 2.30. The summed E-state index contributed by atoms with van der Waals surface area (Å²) in [4.78, 5) is 27.3. The molecule has 0 aliphatic heterocycles. The molecule has 0 bridgehead atoms. The number of rotatable bonds is 2. The first kappa shape index (κ1) is 11.8. The monoisotopic (exact) mass is 255 g/mol. The van der Waals surface area contributed by atoms with E-state index in [1.54, 1.807) is 12.3 Å². The summed E-state index contributed by atoms with van der Waals surface area (Å²) < 4.78 is 5.76. The number of ketones is 2. The van der Waals surface area contributed by atoms with Gasteiger partial charge in [-0.15, -0.1) is 0 Å². The number of hydrogen-bond acceptors (Lipinski definition) is 4. The van der Waals surface area contributed by atoms with Crippen molar-refractivity contribution in [1.82, 2.24) is 4.98 Å². The van der Waals surface area contributed by atoms with Gasteiger partial charge in [-0.3, -0.25) is 14.6 Å². The average Bonchev–Trinajstić information content (AvgIpc) is 2.42. The lowest BCUT2D eigenvalue weighted by molar-refractivity contribution is -0.135. The smallest absolute Gasteiger partial charge is 0.180 e. The molecule has 0 radical (unpaired) electrons. The van der Waals surface area contributed by atoms with E-state index in [9.17, 15) is 9.59 Å². The van der Waals surface area contributed by atoms with Crippen molar-refractivity contribution in [3.63, 3.8) is 0 Å². The second kappa shape index (κ2) is 4.80. The number of fused-ring (bicyclic) bond motifs is 1. The van der Waals surface area contributed by atoms with Crippen LogP contribution in [0.1, 0.15) is 19.3 Å². The van der Waals surface area contributed by atoms with Crippen molar-refractivity contribution in [3.8, 4) is 5.75 Å². The zero-order valence-corrected chi connectivity index (χ0v) is 10.3. The molecule has 2 aromatic rings. The van der Waals surface area contributed by atoms with Crippen molar-refractivity contribution < 1.29 is 14.3 Å². The Morgan fingerprint density at radius 2 is 2.00 bits per heavy atom. The van der Waals surface area contributed by atoms with E-state index in [2.05, 4.69) is 4.98 Å². The highest BCUT2D eigenvalue weighted by Gasteiger charge is 2.28. The van der Waals surface area contributed by atoms with Gasteiger partial charge in [0.2, 0.25) is 0 Å². The third kappa shape index (κ3) is 2.34. The fraction of sp³-hybridized carbons (Fsp3) is 0.267. The summed E-state index contributed by atoms with van der Waals surface area (Å²) in [5.41, 5.74) is 0.745. The lowest BCUT2D eigenvalue weighted by atomic mass is 9.95. The topological polar surface area (TPSA) is 56.3 Å². The lowest BCUT2D eigenvalue weighted by Crippen LogP contribution is -2.34. The summed E-state index contributed by atoms with van der Waals surface area (Å²) in [6, 6.07) is 9.43. The third-order valence-corrected chi connectivity index (χ3v) is 3.28. The molecular weight excluding hydrogens is 242 g/mol. The minimum Gasteiger partial charge on any atom is -0.480 e. The molecule has 0 spiro atoms. The second-order valence-electron chi connectivity index (χ2n) is 4.66. The zero-order chi connectivity index (χ0) is 13.2. The largest absolute Gasteiger partial charge is 0.480 e. The third-order valence-electron chi connectivity index (χ3n) is 3.28. The van der Waals surface area contributed by atoms with E-state index in [0.717, 1.165) is 10.9 Å². The Balaban J connectivity index is 1.89. The van der Waals surface area contributed by atoms with Crippen LogP contribution in [0, 0.1) is 0 Å². The van der Waals surface area contributed by atoms with E-state index in [0.29, 0.717) is 18.6 Å². The molecule has 4 heteroatoms. The van der Waals surface area contributed by atoms with Crippen LogP contribution in [0.25, 0.3) is 10.9 Å². The van der Waals surface area contributed by atoms with Gasteiger partial charge in [0.15, 0.2) is 11.9 Å². The maximum Gasteiger partial charge on any atom is 0.180 e. The van der Waals surface area contributed by atoms with Crippen LogP contribution < -0.4 is 4.74 Å². The summed E-state index contributed by atoms with van der Waals surface area (Å²) in [7, 11) is 0. The minimum atomic E-state index is -0.523. The van der Waals surface area contributed by atoms with Crippen molar-refractivity contribution in [2.45, 2.75) is 25.4 Å². The molecule has 1 aliphatic carbocycles. The molecule has 4 nitrogen and oxygen atoms in total. The number of Topliss-reactive ketones (excluding diaryl/α,β-unsaturated/α-hetero) is 2. The Hall–Kier alpha value is -2.23. The van der Waals surface area contributed by atoms with Gasteiger partial charge in [0.25, 0.3) is 0 Å². The van der Waals surface area contributed by atoms with Crippen molar-refractivity contribution in [2.75, 3.05) is 0 Å². The van der Waals surface area contributed by atoms with E-state index in [1.165, 1.54) is 0 Å². The summed E-state index contributed by atoms with van der Waals surface area (Å²) in [5, 5.41) is 0.972. The van der Waals surface area contributed by atoms with Gasteiger partial charge in [-0.2, -0.15) is 0 Å². The maximum absolute atomic E-state index is 11.8. The molecule has 1 saturated carbocycles. The average molecular weight is 255 g/mol. The van der Waals surface area contributed by atoms with Crippen molar-refractivity contribution in [3.05, 3.63) is 36.5 Å². The van der Waals surface area contributed by atoms with Gasteiger partial charge >= 0.3 is 0 Å². The number of aromatic nitrogens is 1. The van der Waals surface area contributed by atoms with Crippen LogP contribution >= 0.6 is 0 Å². The van der Waals surface area contributed by atoms with Crippen LogP contribution in [0.15, 0.2) is 36.5 Å². The number of hydrogen-bond donors (Lipinski definition) is 0. The first-order chi connectivity index (χ1) is 9.24. The molecular formula is C15H13NO3. The normalized spacial score (nSPS) is 19.7. The highest BCUT2D eigenvalue weighted by molar-refractivity contribution is 6.03. The molecule has 0 saturated heterocycles. The predicted octanol–water partition coefficient (Wildman–Crippen LogP) is 2.30.